The van der Waals surface area contributed by atoms with Gasteiger partial charge in [-0.15, -0.1) is 0 Å². The van der Waals surface area contributed by atoms with Crippen LogP contribution in [0.5, 0.6) is 5.75 Å². The molecular weight excluding hydrogens is 516 g/mol. The Morgan fingerprint density at radius 1 is 0.927 bits per heavy atom. The molecule has 2 heterocycles. The third-order valence-electron chi connectivity index (χ3n) is 7.50. The molecule has 0 aliphatic carbocycles. The second-order valence-corrected chi connectivity index (χ2v) is 10.2. The number of aliphatic hydroxyl groups excluding tert-OH is 1. The van der Waals surface area contributed by atoms with Crippen molar-refractivity contribution in [2.75, 3.05) is 13.2 Å². The molecule has 0 fully saturated rings. The van der Waals surface area contributed by atoms with E-state index in [2.05, 4.69) is 0 Å². The number of amides is 2. The van der Waals surface area contributed by atoms with Crippen LogP contribution >= 0.6 is 0 Å². The Hall–Kier alpha value is -4.75. The number of benzene rings is 4. The van der Waals surface area contributed by atoms with Crippen molar-refractivity contribution in [3.63, 3.8) is 0 Å². The maximum Gasteiger partial charge on any atom is 0.262 e. The van der Waals surface area contributed by atoms with Gasteiger partial charge < -0.3 is 14.6 Å². The Labute approximate surface area is 238 Å². The summed E-state index contributed by atoms with van der Waals surface area (Å²) in [5.74, 6) is 0.238. The molecule has 2 aliphatic heterocycles. The first-order valence-electron chi connectivity index (χ1n) is 13.7. The fourth-order valence-corrected chi connectivity index (χ4v) is 5.46. The molecule has 2 atom stereocenters. The van der Waals surface area contributed by atoms with Crippen molar-refractivity contribution in [3.05, 3.63) is 137 Å². The number of carbonyl (C=O) groups excluding carboxylic acids is 2. The lowest BCUT2D eigenvalue weighted by molar-refractivity contribution is -0.136. The minimum atomic E-state index is -1.40. The summed E-state index contributed by atoms with van der Waals surface area (Å²) in [6, 6.07) is 33.6. The van der Waals surface area contributed by atoms with E-state index in [0.717, 1.165) is 16.7 Å². The van der Waals surface area contributed by atoms with E-state index in [1.807, 2.05) is 84.9 Å². The zero-order chi connectivity index (χ0) is 28.2. The van der Waals surface area contributed by atoms with Crippen molar-refractivity contribution in [2.24, 2.45) is 4.99 Å². The first-order chi connectivity index (χ1) is 20.1. The normalized spacial score (nSPS) is 19.4. The molecule has 1 N–H and O–H groups in total. The van der Waals surface area contributed by atoms with E-state index in [0.29, 0.717) is 35.8 Å². The van der Waals surface area contributed by atoms with Gasteiger partial charge in [0.1, 0.15) is 5.75 Å². The maximum atomic E-state index is 14.7. The van der Waals surface area contributed by atoms with Crippen molar-refractivity contribution in [1.29, 1.82) is 0 Å². The molecule has 0 spiro atoms. The zero-order valence-electron chi connectivity index (χ0n) is 22.5. The SMILES string of the molecule is O=C(c1ccccc1)N1Cc2ccccc2[C@@H]2OC(c3ccc(OCCCO)cc3)=N[C@]2(Cc2ccccc2)C1=O. The van der Waals surface area contributed by atoms with Crippen LogP contribution in [0.25, 0.3) is 0 Å². The Balaban J connectivity index is 1.46. The summed E-state index contributed by atoms with van der Waals surface area (Å²) in [4.78, 5) is 34.9. The summed E-state index contributed by atoms with van der Waals surface area (Å²) in [6.45, 7) is 0.600. The van der Waals surface area contributed by atoms with E-state index in [-0.39, 0.29) is 25.5 Å². The fraction of sp³-hybridized carbons (Fsp3) is 0.206. The molecule has 0 aromatic heterocycles. The number of nitrogens with zero attached hydrogens (tertiary/aromatic N) is 2. The molecule has 0 bridgehead atoms. The van der Waals surface area contributed by atoms with Gasteiger partial charge in [0, 0.05) is 36.1 Å². The van der Waals surface area contributed by atoms with Gasteiger partial charge >= 0.3 is 0 Å². The summed E-state index contributed by atoms with van der Waals surface area (Å²) >= 11 is 0. The topological polar surface area (TPSA) is 88.4 Å². The van der Waals surface area contributed by atoms with Crippen LogP contribution in [0.15, 0.2) is 114 Å². The lowest BCUT2D eigenvalue weighted by Gasteiger charge is -2.31. The predicted octanol–water partition coefficient (Wildman–Crippen LogP) is 5.13. The third-order valence-corrected chi connectivity index (χ3v) is 7.50. The fourth-order valence-electron chi connectivity index (χ4n) is 5.46. The van der Waals surface area contributed by atoms with E-state index >= 15 is 0 Å². The number of aliphatic hydroxyl groups is 1. The molecule has 41 heavy (non-hydrogen) atoms. The highest BCUT2D eigenvalue weighted by molar-refractivity contribution is 6.10. The summed E-state index contributed by atoms with van der Waals surface area (Å²) in [7, 11) is 0. The molecule has 4 aromatic rings. The Morgan fingerprint density at radius 2 is 1.61 bits per heavy atom. The standard InChI is InChI=1S/C34H30N2O5/c37-20-9-21-40-28-18-16-25(17-19-28)31-35-34(22-24-10-3-1-4-11-24)30(41-31)29-15-8-7-14-27(29)23-36(33(34)39)32(38)26-12-5-2-6-13-26/h1-8,10-19,30,37H,9,20-23H2/t30-,34-/m0/s1. The third kappa shape index (κ3) is 5.12. The largest absolute Gasteiger partial charge is 0.494 e. The number of ether oxygens (including phenoxy) is 2. The van der Waals surface area contributed by atoms with E-state index in [1.54, 1.807) is 24.3 Å². The maximum absolute atomic E-state index is 14.7. The molecule has 0 saturated heterocycles. The smallest absolute Gasteiger partial charge is 0.262 e. The van der Waals surface area contributed by atoms with Crippen LogP contribution in [0, 0.1) is 0 Å². The summed E-state index contributed by atoms with van der Waals surface area (Å²) in [5, 5.41) is 9.03. The quantitative estimate of drug-likeness (QED) is 0.245. The highest BCUT2D eigenvalue weighted by Crippen LogP contribution is 2.46. The number of carbonyl (C=O) groups is 2. The van der Waals surface area contributed by atoms with Gasteiger partial charge in [-0.3, -0.25) is 14.5 Å². The first kappa shape index (κ1) is 26.5. The summed E-state index contributed by atoms with van der Waals surface area (Å²) in [5.41, 5.74) is 2.33. The van der Waals surface area contributed by atoms with Gasteiger partial charge in [-0.2, -0.15) is 0 Å². The molecule has 0 saturated carbocycles. The zero-order valence-corrected chi connectivity index (χ0v) is 22.5. The highest BCUT2D eigenvalue weighted by atomic mass is 16.5. The molecule has 0 unspecified atom stereocenters. The van der Waals surface area contributed by atoms with Gasteiger partial charge in [-0.1, -0.05) is 72.8 Å². The van der Waals surface area contributed by atoms with Gasteiger partial charge in [0.15, 0.2) is 11.6 Å². The van der Waals surface area contributed by atoms with Crippen molar-refractivity contribution in [3.8, 4) is 5.75 Å². The van der Waals surface area contributed by atoms with Crippen LogP contribution in [0.4, 0.5) is 0 Å². The average molecular weight is 547 g/mol. The minimum Gasteiger partial charge on any atom is -0.494 e. The van der Waals surface area contributed by atoms with Crippen LogP contribution in [0.2, 0.25) is 0 Å². The molecule has 0 radical (unpaired) electrons. The van der Waals surface area contributed by atoms with Crippen LogP contribution in [0.3, 0.4) is 0 Å². The van der Waals surface area contributed by atoms with E-state index in [4.69, 9.17) is 19.6 Å². The van der Waals surface area contributed by atoms with Crippen molar-refractivity contribution in [1.82, 2.24) is 4.90 Å². The Morgan fingerprint density at radius 3 is 2.34 bits per heavy atom. The minimum absolute atomic E-state index is 0.0624. The summed E-state index contributed by atoms with van der Waals surface area (Å²) < 4.78 is 12.3. The number of aliphatic imine (C=N–C) groups is 1. The van der Waals surface area contributed by atoms with Gasteiger partial charge in [0.2, 0.25) is 5.90 Å². The van der Waals surface area contributed by atoms with Crippen LogP contribution in [-0.2, 0) is 22.5 Å². The Bertz CT molecular complexity index is 1570. The molecule has 2 amide bonds. The molecule has 2 aliphatic rings. The van der Waals surface area contributed by atoms with Crippen molar-refractivity contribution >= 4 is 17.7 Å². The van der Waals surface area contributed by atoms with E-state index in [1.165, 1.54) is 4.90 Å². The van der Waals surface area contributed by atoms with Crippen molar-refractivity contribution < 1.29 is 24.2 Å². The Kier molecular flexibility index (Phi) is 7.35. The first-order valence-corrected chi connectivity index (χ1v) is 13.7. The summed E-state index contributed by atoms with van der Waals surface area (Å²) in [6.07, 6.45) is 0.0762. The molecule has 7 heteroatoms. The monoisotopic (exact) mass is 546 g/mol. The van der Waals surface area contributed by atoms with Crippen molar-refractivity contribution in [2.45, 2.75) is 31.0 Å². The van der Waals surface area contributed by atoms with Gasteiger partial charge in [-0.25, -0.2) is 4.99 Å². The average Bonchev–Trinajstić information content (AvgIpc) is 3.37. The molecule has 6 rings (SSSR count). The number of rotatable bonds is 8. The highest BCUT2D eigenvalue weighted by Gasteiger charge is 2.57. The number of hydrogen-bond donors (Lipinski definition) is 1. The molecule has 4 aromatic carbocycles. The number of imide groups is 1. The number of hydrogen-bond acceptors (Lipinski definition) is 6. The second-order valence-electron chi connectivity index (χ2n) is 10.2. The number of fused-ring (bicyclic) bond motifs is 3. The van der Waals surface area contributed by atoms with E-state index < -0.39 is 17.6 Å². The van der Waals surface area contributed by atoms with Crippen LogP contribution < -0.4 is 4.74 Å². The van der Waals surface area contributed by atoms with Gasteiger partial charge in [0.05, 0.1) is 13.2 Å². The lowest BCUT2D eigenvalue weighted by Crippen LogP contribution is -2.51. The van der Waals surface area contributed by atoms with Crippen LogP contribution in [-0.4, -0.2) is 46.5 Å². The van der Waals surface area contributed by atoms with Crippen LogP contribution in [0.1, 0.15) is 45.1 Å². The molecule has 206 valence electrons. The molecular formula is C34H30N2O5. The second kappa shape index (κ2) is 11.4. The van der Waals surface area contributed by atoms with Gasteiger partial charge in [0.25, 0.3) is 11.8 Å². The molecule has 7 nitrogen and oxygen atoms in total. The predicted molar refractivity (Wildman–Crippen MR) is 155 cm³/mol. The van der Waals surface area contributed by atoms with E-state index in [9.17, 15) is 9.59 Å². The van der Waals surface area contributed by atoms with Gasteiger partial charge in [-0.05, 0) is 47.5 Å². The lowest BCUT2D eigenvalue weighted by atomic mass is 9.81.